The molecule has 4 rings (SSSR count). The van der Waals surface area contributed by atoms with E-state index in [1.807, 2.05) is 30.3 Å². The molecule has 0 bridgehead atoms. The highest BCUT2D eigenvalue weighted by Gasteiger charge is 2.28. The van der Waals surface area contributed by atoms with E-state index in [0.717, 1.165) is 48.3 Å². The minimum atomic E-state index is -0.228. The molecule has 28 heavy (non-hydrogen) atoms. The van der Waals surface area contributed by atoms with Crippen LogP contribution in [0.25, 0.3) is 6.08 Å². The second kappa shape index (κ2) is 8.06. The van der Waals surface area contributed by atoms with Gasteiger partial charge in [-0.05, 0) is 59.8 Å². The van der Waals surface area contributed by atoms with Crippen LogP contribution >= 0.6 is 11.8 Å². The highest BCUT2D eigenvalue weighted by Crippen LogP contribution is 2.31. The fraction of sp³-hybridized carbons (Fsp3) is 0.238. The third-order valence-electron chi connectivity index (χ3n) is 4.76. The van der Waals surface area contributed by atoms with Crippen molar-refractivity contribution in [3.8, 4) is 5.75 Å². The van der Waals surface area contributed by atoms with Crippen LogP contribution in [0.2, 0.25) is 0 Å². The van der Waals surface area contributed by atoms with Crippen molar-refractivity contribution in [1.29, 1.82) is 0 Å². The predicted octanol–water partition coefficient (Wildman–Crippen LogP) is 3.63. The molecule has 1 saturated heterocycles. The van der Waals surface area contributed by atoms with E-state index in [0.29, 0.717) is 4.91 Å². The average molecular weight is 397 g/mol. The highest BCUT2D eigenvalue weighted by molar-refractivity contribution is 8.18. The number of thioether (sulfide) groups is 1. The number of piperazine rings is 1. The number of benzene rings is 2. The van der Waals surface area contributed by atoms with Crippen LogP contribution in [-0.2, 0) is 4.79 Å². The first-order valence-corrected chi connectivity index (χ1v) is 9.86. The van der Waals surface area contributed by atoms with Gasteiger partial charge in [-0.25, -0.2) is 4.39 Å². The van der Waals surface area contributed by atoms with Crippen molar-refractivity contribution < 1.29 is 13.9 Å². The monoisotopic (exact) mass is 397 g/mol. The lowest BCUT2D eigenvalue weighted by molar-refractivity contribution is -0.113. The summed E-state index contributed by atoms with van der Waals surface area (Å²) in [7, 11) is 1.62. The van der Waals surface area contributed by atoms with Crippen molar-refractivity contribution in [2.75, 3.05) is 38.2 Å². The van der Waals surface area contributed by atoms with Crippen LogP contribution in [-0.4, -0.2) is 49.3 Å². The Kier molecular flexibility index (Phi) is 5.34. The molecule has 7 heteroatoms. The maximum Gasteiger partial charge on any atom is 0.286 e. The van der Waals surface area contributed by atoms with Crippen LogP contribution in [0.15, 0.2) is 58.4 Å². The number of amides is 1. The van der Waals surface area contributed by atoms with E-state index in [1.54, 1.807) is 19.2 Å². The quantitative estimate of drug-likeness (QED) is 0.740. The number of methoxy groups -OCH3 is 1. The molecule has 0 N–H and O–H groups in total. The number of anilines is 1. The zero-order chi connectivity index (χ0) is 19.5. The normalized spacial score (nSPS) is 18.6. The summed E-state index contributed by atoms with van der Waals surface area (Å²) in [6, 6.07) is 14.1. The molecule has 2 aliphatic heterocycles. The maximum absolute atomic E-state index is 13.1. The van der Waals surface area contributed by atoms with E-state index in [-0.39, 0.29) is 11.7 Å². The van der Waals surface area contributed by atoms with Crippen LogP contribution in [0, 0.1) is 5.82 Å². The summed E-state index contributed by atoms with van der Waals surface area (Å²) in [5.41, 5.74) is 1.95. The van der Waals surface area contributed by atoms with Crippen LogP contribution in [0.5, 0.6) is 5.75 Å². The van der Waals surface area contributed by atoms with Gasteiger partial charge in [0, 0.05) is 31.9 Å². The molecule has 144 valence electrons. The van der Waals surface area contributed by atoms with Gasteiger partial charge in [0.25, 0.3) is 5.91 Å². The van der Waals surface area contributed by atoms with Gasteiger partial charge in [-0.2, -0.15) is 4.99 Å². The number of hydrogen-bond donors (Lipinski definition) is 0. The Hall–Kier alpha value is -2.80. The molecular weight excluding hydrogens is 377 g/mol. The molecule has 1 amide bonds. The summed E-state index contributed by atoms with van der Waals surface area (Å²) >= 11 is 1.42. The molecular formula is C21H20FN3O2S. The number of nitrogens with zero attached hydrogens (tertiary/aromatic N) is 3. The Morgan fingerprint density at radius 3 is 2.29 bits per heavy atom. The van der Waals surface area contributed by atoms with Crippen molar-refractivity contribution in [3.63, 3.8) is 0 Å². The summed E-state index contributed by atoms with van der Waals surface area (Å²) in [4.78, 5) is 21.5. The number of amidine groups is 1. The van der Waals surface area contributed by atoms with Gasteiger partial charge >= 0.3 is 0 Å². The molecule has 0 atom stereocenters. The van der Waals surface area contributed by atoms with Gasteiger partial charge in [0.1, 0.15) is 11.6 Å². The lowest BCUT2D eigenvalue weighted by Crippen LogP contribution is -2.47. The van der Waals surface area contributed by atoms with Crippen LogP contribution in [0.1, 0.15) is 5.56 Å². The molecule has 0 radical (unpaired) electrons. The Morgan fingerprint density at radius 2 is 1.64 bits per heavy atom. The average Bonchev–Trinajstić information content (AvgIpc) is 3.09. The number of ether oxygens (including phenoxy) is 1. The molecule has 2 aliphatic rings. The van der Waals surface area contributed by atoms with E-state index in [1.165, 1.54) is 23.9 Å². The van der Waals surface area contributed by atoms with E-state index < -0.39 is 0 Å². The van der Waals surface area contributed by atoms with E-state index in [9.17, 15) is 9.18 Å². The summed E-state index contributed by atoms with van der Waals surface area (Å²) in [5.74, 6) is 0.356. The minimum absolute atomic E-state index is 0.197. The minimum Gasteiger partial charge on any atom is -0.497 e. The van der Waals surface area contributed by atoms with Crippen molar-refractivity contribution in [3.05, 3.63) is 64.8 Å². The molecule has 2 aromatic carbocycles. The summed E-state index contributed by atoms with van der Waals surface area (Å²) in [6.45, 7) is 3.15. The first kappa shape index (κ1) is 18.6. The van der Waals surface area contributed by atoms with Crippen molar-refractivity contribution >= 4 is 34.6 Å². The lowest BCUT2D eigenvalue weighted by atomic mass is 10.2. The highest BCUT2D eigenvalue weighted by atomic mass is 32.2. The number of aliphatic imine (C=N–C) groups is 1. The van der Waals surface area contributed by atoms with E-state index >= 15 is 0 Å². The Morgan fingerprint density at radius 1 is 1.00 bits per heavy atom. The number of carbonyl (C=O) groups excluding carboxylic acids is 1. The number of rotatable bonds is 3. The standard InChI is InChI=1S/C21H20FN3O2S/c1-27-18-8-2-15(3-9-18)14-19-20(26)23-21(28-19)25-12-10-24(11-13-25)17-6-4-16(22)5-7-17/h2-9,14H,10-13H2,1H3. The molecule has 0 saturated carbocycles. The maximum atomic E-state index is 13.1. The van der Waals surface area contributed by atoms with Crippen molar-refractivity contribution in [2.45, 2.75) is 0 Å². The van der Waals surface area contributed by atoms with Crippen LogP contribution < -0.4 is 9.64 Å². The zero-order valence-electron chi connectivity index (χ0n) is 15.5. The topological polar surface area (TPSA) is 45.1 Å². The second-order valence-electron chi connectivity index (χ2n) is 6.53. The Labute approximate surface area is 167 Å². The largest absolute Gasteiger partial charge is 0.497 e. The van der Waals surface area contributed by atoms with Gasteiger partial charge in [0.15, 0.2) is 5.17 Å². The number of carbonyl (C=O) groups is 1. The Balaban J connectivity index is 1.38. The van der Waals surface area contributed by atoms with Crippen molar-refractivity contribution in [1.82, 2.24) is 4.90 Å². The molecule has 0 aromatic heterocycles. The summed E-state index contributed by atoms with van der Waals surface area (Å²) in [6.07, 6.45) is 1.86. The van der Waals surface area contributed by atoms with Gasteiger partial charge in [-0.15, -0.1) is 0 Å². The SMILES string of the molecule is COc1ccc(C=C2SC(N3CCN(c4ccc(F)cc4)CC3)=NC2=O)cc1. The fourth-order valence-electron chi connectivity index (χ4n) is 3.19. The molecule has 2 heterocycles. The third kappa shape index (κ3) is 4.04. The van der Waals surface area contributed by atoms with Gasteiger partial charge in [0.05, 0.1) is 12.0 Å². The summed E-state index contributed by atoms with van der Waals surface area (Å²) in [5, 5.41) is 0.753. The molecule has 0 spiro atoms. The Bertz CT molecular complexity index is 918. The van der Waals surface area contributed by atoms with Gasteiger partial charge < -0.3 is 14.5 Å². The number of halogens is 1. The van der Waals surface area contributed by atoms with Gasteiger partial charge in [-0.1, -0.05) is 12.1 Å². The smallest absolute Gasteiger partial charge is 0.286 e. The molecule has 0 unspecified atom stereocenters. The molecule has 1 fully saturated rings. The molecule has 0 aliphatic carbocycles. The fourth-order valence-corrected chi connectivity index (χ4v) is 4.16. The first-order chi connectivity index (χ1) is 13.6. The molecule has 2 aromatic rings. The summed E-state index contributed by atoms with van der Waals surface area (Å²) < 4.78 is 18.3. The van der Waals surface area contributed by atoms with E-state index in [2.05, 4.69) is 14.8 Å². The third-order valence-corrected chi connectivity index (χ3v) is 5.81. The second-order valence-corrected chi connectivity index (χ2v) is 7.54. The predicted molar refractivity (Wildman–Crippen MR) is 111 cm³/mol. The van der Waals surface area contributed by atoms with Gasteiger partial charge in [0.2, 0.25) is 0 Å². The molecule has 5 nitrogen and oxygen atoms in total. The van der Waals surface area contributed by atoms with Crippen molar-refractivity contribution in [2.24, 2.45) is 4.99 Å². The lowest BCUT2D eigenvalue weighted by Gasteiger charge is -2.36. The van der Waals surface area contributed by atoms with E-state index in [4.69, 9.17) is 4.74 Å². The zero-order valence-corrected chi connectivity index (χ0v) is 16.3. The van der Waals surface area contributed by atoms with Crippen LogP contribution in [0.3, 0.4) is 0 Å². The first-order valence-electron chi connectivity index (χ1n) is 9.04. The van der Waals surface area contributed by atoms with Gasteiger partial charge in [-0.3, -0.25) is 4.79 Å². The number of hydrogen-bond acceptors (Lipinski definition) is 5. The van der Waals surface area contributed by atoms with Crippen LogP contribution in [0.4, 0.5) is 10.1 Å².